The molecular formula is C27H20N6O2S. The third kappa shape index (κ3) is 3.86. The Balaban J connectivity index is 1.52. The number of nitriles is 2. The number of benzene rings is 2. The normalized spacial score (nSPS) is 15.3. The van der Waals surface area contributed by atoms with Crippen molar-refractivity contribution in [3.8, 4) is 23.3 Å². The standard InChI is InChI=1S/C27H20N6O2S/c1-2-15-3-5-17(6-4-15)24-19(13-28)25(30)32-26(20(24)14-29)36-22-12-23(34)33(27(22)35)18-8-7-16-9-10-31-21(16)11-18/h3-11,22,31H,2,12H2,1H3,(H2,30,32). The number of aromatic amines is 1. The number of fused-ring (bicyclic) bond motifs is 1. The highest BCUT2D eigenvalue weighted by atomic mass is 32.2. The summed E-state index contributed by atoms with van der Waals surface area (Å²) >= 11 is 1.02. The number of aromatic nitrogens is 2. The summed E-state index contributed by atoms with van der Waals surface area (Å²) in [5, 5.41) is 20.2. The summed E-state index contributed by atoms with van der Waals surface area (Å²) in [7, 11) is 0. The van der Waals surface area contributed by atoms with Gasteiger partial charge in [0.15, 0.2) is 0 Å². The lowest BCUT2D eigenvalue weighted by Crippen LogP contribution is -2.31. The van der Waals surface area contributed by atoms with Crippen LogP contribution in [0.2, 0.25) is 0 Å². The van der Waals surface area contributed by atoms with Crippen molar-refractivity contribution in [2.24, 2.45) is 0 Å². The zero-order valence-electron chi connectivity index (χ0n) is 19.3. The smallest absolute Gasteiger partial charge is 0.247 e. The monoisotopic (exact) mass is 492 g/mol. The van der Waals surface area contributed by atoms with Crippen LogP contribution >= 0.6 is 11.8 Å². The highest BCUT2D eigenvalue weighted by molar-refractivity contribution is 8.00. The van der Waals surface area contributed by atoms with Crippen LogP contribution in [0.1, 0.15) is 30.0 Å². The molecule has 2 amide bonds. The molecule has 0 radical (unpaired) electrons. The van der Waals surface area contributed by atoms with E-state index in [1.165, 1.54) is 4.90 Å². The Labute approximate surface area is 211 Å². The van der Waals surface area contributed by atoms with Crippen molar-refractivity contribution in [2.75, 3.05) is 10.6 Å². The number of aryl methyl sites for hydroxylation is 1. The first kappa shape index (κ1) is 23.2. The lowest BCUT2D eigenvalue weighted by Gasteiger charge is -2.16. The van der Waals surface area contributed by atoms with E-state index in [9.17, 15) is 20.1 Å². The maximum absolute atomic E-state index is 13.3. The van der Waals surface area contributed by atoms with Crippen molar-refractivity contribution < 1.29 is 9.59 Å². The number of thioether (sulfide) groups is 1. The van der Waals surface area contributed by atoms with Gasteiger partial charge >= 0.3 is 0 Å². The van der Waals surface area contributed by atoms with E-state index in [2.05, 4.69) is 22.1 Å². The molecule has 1 unspecified atom stereocenters. The van der Waals surface area contributed by atoms with E-state index >= 15 is 0 Å². The molecule has 36 heavy (non-hydrogen) atoms. The van der Waals surface area contributed by atoms with Gasteiger partial charge < -0.3 is 10.7 Å². The summed E-state index contributed by atoms with van der Waals surface area (Å²) in [6.45, 7) is 2.04. The Morgan fingerprint density at radius 3 is 2.56 bits per heavy atom. The first-order chi connectivity index (χ1) is 17.4. The number of anilines is 2. The number of carbonyl (C=O) groups is 2. The van der Waals surface area contributed by atoms with Crippen LogP contribution in [-0.4, -0.2) is 27.0 Å². The molecule has 0 aliphatic carbocycles. The van der Waals surface area contributed by atoms with Crippen LogP contribution in [-0.2, 0) is 16.0 Å². The molecule has 2 aromatic heterocycles. The van der Waals surface area contributed by atoms with Gasteiger partial charge in [0.1, 0.15) is 28.5 Å². The molecule has 1 aliphatic heterocycles. The van der Waals surface area contributed by atoms with Crippen LogP contribution in [0.3, 0.4) is 0 Å². The number of nitrogens with two attached hydrogens (primary N) is 1. The van der Waals surface area contributed by atoms with Gasteiger partial charge in [-0.15, -0.1) is 0 Å². The number of imide groups is 1. The molecule has 1 aliphatic rings. The van der Waals surface area contributed by atoms with Crippen molar-refractivity contribution in [2.45, 2.75) is 30.0 Å². The zero-order valence-corrected chi connectivity index (χ0v) is 20.1. The first-order valence-electron chi connectivity index (χ1n) is 11.3. The molecule has 9 heteroatoms. The molecule has 176 valence electrons. The maximum atomic E-state index is 13.3. The number of carbonyl (C=O) groups excluding carboxylic acids is 2. The number of hydrogen-bond acceptors (Lipinski definition) is 7. The molecule has 5 rings (SSSR count). The summed E-state index contributed by atoms with van der Waals surface area (Å²) in [5.74, 6) is -0.753. The Morgan fingerprint density at radius 2 is 1.86 bits per heavy atom. The second-order valence-electron chi connectivity index (χ2n) is 8.33. The molecule has 0 bridgehead atoms. The van der Waals surface area contributed by atoms with Crippen LogP contribution < -0.4 is 10.6 Å². The number of amides is 2. The van der Waals surface area contributed by atoms with Crippen LogP contribution in [0.25, 0.3) is 22.0 Å². The SMILES string of the molecule is CCc1ccc(-c2c(C#N)c(N)nc(SC3CC(=O)N(c4ccc5cc[nH]c5c4)C3=O)c2C#N)cc1. The van der Waals surface area contributed by atoms with E-state index in [1.54, 1.807) is 18.3 Å². The molecule has 1 saturated heterocycles. The van der Waals surface area contributed by atoms with Crippen molar-refractivity contribution in [1.29, 1.82) is 10.5 Å². The van der Waals surface area contributed by atoms with Crippen molar-refractivity contribution in [1.82, 2.24) is 9.97 Å². The maximum Gasteiger partial charge on any atom is 0.247 e. The van der Waals surface area contributed by atoms with Crippen molar-refractivity contribution in [3.05, 3.63) is 71.4 Å². The van der Waals surface area contributed by atoms with Gasteiger partial charge in [0.05, 0.1) is 16.5 Å². The van der Waals surface area contributed by atoms with E-state index in [0.29, 0.717) is 16.8 Å². The number of pyridine rings is 1. The number of nitrogen functional groups attached to an aromatic ring is 1. The highest BCUT2D eigenvalue weighted by Gasteiger charge is 2.41. The molecule has 1 fully saturated rings. The van der Waals surface area contributed by atoms with E-state index in [4.69, 9.17) is 5.73 Å². The summed E-state index contributed by atoms with van der Waals surface area (Å²) < 4.78 is 0. The Hall–Kier alpha value is -4.60. The van der Waals surface area contributed by atoms with Crippen molar-refractivity contribution in [3.63, 3.8) is 0 Å². The fraction of sp³-hybridized carbons (Fsp3) is 0.148. The third-order valence-electron chi connectivity index (χ3n) is 6.22. The van der Waals surface area contributed by atoms with Gasteiger partial charge in [-0.05, 0) is 41.1 Å². The van der Waals surface area contributed by atoms with Crippen LogP contribution in [0.15, 0.2) is 59.8 Å². The lowest BCUT2D eigenvalue weighted by atomic mass is 9.96. The second-order valence-corrected chi connectivity index (χ2v) is 9.52. The summed E-state index contributed by atoms with van der Waals surface area (Å²) in [6, 6.07) is 19.0. The average Bonchev–Trinajstić information content (AvgIpc) is 3.46. The molecule has 3 heterocycles. The molecular weight excluding hydrogens is 472 g/mol. The van der Waals surface area contributed by atoms with Gasteiger partial charge in [0.25, 0.3) is 0 Å². The van der Waals surface area contributed by atoms with Gasteiger partial charge in [0, 0.05) is 23.7 Å². The van der Waals surface area contributed by atoms with Crippen LogP contribution in [0.5, 0.6) is 0 Å². The minimum Gasteiger partial charge on any atom is -0.383 e. The van der Waals surface area contributed by atoms with Gasteiger partial charge in [-0.3, -0.25) is 9.59 Å². The van der Waals surface area contributed by atoms with E-state index in [0.717, 1.165) is 34.6 Å². The van der Waals surface area contributed by atoms with Gasteiger partial charge in [-0.1, -0.05) is 49.0 Å². The van der Waals surface area contributed by atoms with Crippen molar-refractivity contribution >= 4 is 46.0 Å². The van der Waals surface area contributed by atoms with E-state index < -0.39 is 11.2 Å². The molecule has 3 N–H and O–H groups in total. The van der Waals surface area contributed by atoms with Crippen LogP contribution in [0.4, 0.5) is 11.5 Å². The quantitative estimate of drug-likeness (QED) is 0.390. The molecule has 0 spiro atoms. The van der Waals surface area contributed by atoms with Gasteiger partial charge in [0.2, 0.25) is 11.8 Å². The minimum atomic E-state index is -0.779. The third-order valence-corrected chi connectivity index (χ3v) is 7.39. The summed E-state index contributed by atoms with van der Waals surface area (Å²) in [5.41, 5.74) is 9.83. The Kier molecular flexibility index (Phi) is 5.93. The summed E-state index contributed by atoms with van der Waals surface area (Å²) in [6.07, 6.45) is 2.60. The predicted molar refractivity (Wildman–Crippen MR) is 138 cm³/mol. The predicted octanol–water partition coefficient (Wildman–Crippen LogP) is 4.54. The number of hydrogen-bond donors (Lipinski definition) is 2. The average molecular weight is 493 g/mol. The molecule has 4 aromatic rings. The van der Waals surface area contributed by atoms with E-state index in [1.807, 2.05) is 43.3 Å². The first-order valence-corrected chi connectivity index (χ1v) is 12.2. The minimum absolute atomic E-state index is 0.0283. The number of rotatable bonds is 5. The molecule has 2 aromatic carbocycles. The highest BCUT2D eigenvalue weighted by Crippen LogP contribution is 2.40. The van der Waals surface area contributed by atoms with E-state index in [-0.39, 0.29) is 34.3 Å². The number of H-pyrrole nitrogens is 1. The Morgan fingerprint density at radius 1 is 1.11 bits per heavy atom. The lowest BCUT2D eigenvalue weighted by molar-refractivity contribution is -0.121. The van der Waals surface area contributed by atoms with Gasteiger partial charge in [-0.2, -0.15) is 10.5 Å². The fourth-order valence-corrected chi connectivity index (χ4v) is 5.47. The summed E-state index contributed by atoms with van der Waals surface area (Å²) in [4.78, 5) is 34.7. The largest absolute Gasteiger partial charge is 0.383 e. The molecule has 8 nitrogen and oxygen atoms in total. The Bertz CT molecular complexity index is 1610. The topological polar surface area (TPSA) is 140 Å². The van der Waals surface area contributed by atoms with Gasteiger partial charge in [-0.25, -0.2) is 9.88 Å². The number of nitrogens with one attached hydrogen (secondary N) is 1. The zero-order chi connectivity index (χ0) is 25.4. The fourth-order valence-electron chi connectivity index (χ4n) is 4.36. The molecule has 0 saturated carbocycles. The number of nitrogens with zero attached hydrogens (tertiary/aromatic N) is 4. The second kappa shape index (κ2) is 9.21. The molecule has 1 atom stereocenters. The van der Waals surface area contributed by atoms with Crippen LogP contribution in [0, 0.1) is 22.7 Å².